The van der Waals surface area contributed by atoms with Crippen LogP contribution in [-0.2, 0) is 11.2 Å². The number of nitrogens with zero attached hydrogens (tertiary/aromatic N) is 5. The van der Waals surface area contributed by atoms with Gasteiger partial charge in [0.15, 0.2) is 0 Å². The number of hydrogen-bond donors (Lipinski definition) is 1. The zero-order valence-electron chi connectivity index (χ0n) is 17.2. The van der Waals surface area contributed by atoms with Crippen LogP contribution in [0.5, 0.6) is 0 Å². The fraction of sp³-hybridized carbons (Fsp3) is 0.364. The molecule has 1 amide bonds. The van der Waals surface area contributed by atoms with Crippen LogP contribution in [0.4, 0.5) is 0 Å². The molecule has 3 aliphatic rings. The average Bonchev–Trinajstić information content (AvgIpc) is 3.63. The molecule has 0 saturated heterocycles. The van der Waals surface area contributed by atoms with E-state index in [1.54, 1.807) is 25.3 Å². The summed E-state index contributed by atoms with van der Waals surface area (Å²) in [6.45, 7) is 1.66. The van der Waals surface area contributed by atoms with E-state index in [4.69, 9.17) is 11.3 Å². The minimum atomic E-state index is -0.746. The number of ketones is 1. The second kappa shape index (κ2) is 6.26. The van der Waals surface area contributed by atoms with Crippen molar-refractivity contribution in [2.75, 3.05) is 0 Å². The van der Waals surface area contributed by atoms with Gasteiger partial charge >= 0.3 is 5.97 Å². The summed E-state index contributed by atoms with van der Waals surface area (Å²) in [5, 5.41) is 10.4. The van der Waals surface area contributed by atoms with Crippen LogP contribution in [-0.4, -0.2) is 47.9 Å². The van der Waals surface area contributed by atoms with Crippen LogP contribution >= 0.6 is 0 Å². The van der Waals surface area contributed by atoms with Gasteiger partial charge in [0, 0.05) is 17.9 Å². The Morgan fingerprint density at radius 2 is 2.16 bits per heavy atom. The van der Waals surface area contributed by atoms with E-state index in [0.29, 0.717) is 47.6 Å². The van der Waals surface area contributed by atoms with Crippen molar-refractivity contribution in [2.24, 2.45) is 5.92 Å². The number of hydrogen-bond acceptors (Lipinski definition) is 7. The standard InChI is InChI=1S/C22H18N6O4/c1-3-22(6-7-22)24-20(30)18(29)16-11(2)17(27-14-9-12(14)10-15(16)27)21(31)32-28-19-13(25-26-28)5-4-8-23-19/h1,4-5,8,12,14H,6-7,9-10H2,2H3,(H,24,30)/t12-,14-/m1/s1. The average molecular weight is 430 g/mol. The highest BCUT2D eigenvalue weighted by Gasteiger charge is 2.51. The van der Waals surface area contributed by atoms with Gasteiger partial charge in [-0.15, -0.1) is 11.5 Å². The van der Waals surface area contributed by atoms with E-state index < -0.39 is 23.2 Å². The summed E-state index contributed by atoms with van der Waals surface area (Å²) in [5.74, 6) is 0.800. The minimum absolute atomic E-state index is 0.127. The molecule has 1 aliphatic heterocycles. The molecule has 32 heavy (non-hydrogen) atoms. The summed E-state index contributed by atoms with van der Waals surface area (Å²) in [5.41, 5.74) is 1.68. The molecule has 10 heteroatoms. The highest BCUT2D eigenvalue weighted by molar-refractivity contribution is 6.44. The smallest absolute Gasteiger partial charge is 0.335 e. The van der Waals surface area contributed by atoms with Crippen molar-refractivity contribution < 1.29 is 19.2 Å². The number of nitrogens with one attached hydrogen (secondary N) is 1. The highest BCUT2D eigenvalue weighted by Crippen LogP contribution is 2.54. The van der Waals surface area contributed by atoms with E-state index in [9.17, 15) is 14.4 Å². The number of carbonyl (C=O) groups is 3. The molecule has 6 rings (SSSR count). The van der Waals surface area contributed by atoms with E-state index in [0.717, 1.165) is 11.3 Å². The van der Waals surface area contributed by atoms with Gasteiger partial charge in [0.25, 0.3) is 11.7 Å². The Labute approximate surface area is 181 Å². The molecule has 2 aliphatic carbocycles. The molecular weight excluding hydrogens is 412 g/mol. The number of fused-ring (bicyclic) bond motifs is 4. The third-order valence-electron chi connectivity index (χ3n) is 6.58. The quantitative estimate of drug-likeness (QED) is 0.275. The topological polar surface area (TPSA) is 121 Å². The van der Waals surface area contributed by atoms with E-state index in [-0.39, 0.29) is 17.3 Å². The lowest BCUT2D eigenvalue weighted by Crippen LogP contribution is -2.40. The molecule has 0 unspecified atom stereocenters. The van der Waals surface area contributed by atoms with Crippen LogP contribution in [0.2, 0.25) is 0 Å². The summed E-state index contributed by atoms with van der Waals surface area (Å²) in [6.07, 6.45) is 9.90. The Kier molecular flexibility index (Phi) is 3.67. The lowest BCUT2D eigenvalue weighted by atomic mass is 10.0. The van der Waals surface area contributed by atoms with Gasteiger partial charge in [0.2, 0.25) is 5.65 Å². The van der Waals surface area contributed by atoms with Crippen LogP contribution in [0, 0.1) is 25.2 Å². The SMILES string of the molecule is C#CC1(NC(=O)C(=O)c2c(C)c(C(=O)On3nnc4cccnc43)n3c2C[C@H]2C[C@H]23)CC1. The normalized spacial score (nSPS) is 21.4. The van der Waals surface area contributed by atoms with Gasteiger partial charge < -0.3 is 14.7 Å². The maximum Gasteiger partial charge on any atom is 0.382 e. The second-order valence-corrected chi connectivity index (χ2v) is 8.63. The Bertz CT molecular complexity index is 1390. The Balaban J connectivity index is 1.36. The summed E-state index contributed by atoms with van der Waals surface area (Å²) in [7, 11) is 0. The van der Waals surface area contributed by atoms with Gasteiger partial charge in [-0.3, -0.25) is 9.59 Å². The van der Waals surface area contributed by atoms with Gasteiger partial charge in [0.05, 0.1) is 5.56 Å². The lowest BCUT2D eigenvalue weighted by Gasteiger charge is -2.10. The molecule has 3 aromatic heterocycles. The molecule has 0 bridgehead atoms. The summed E-state index contributed by atoms with van der Waals surface area (Å²) < 4.78 is 1.85. The van der Waals surface area contributed by atoms with E-state index >= 15 is 0 Å². The number of terminal acetylenes is 1. The van der Waals surface area contributed by atoms with Crippen molar-refractivity contribution in [3.8, 4) is 12.3 Å². The number of pyridine rings is 1. The van der Waals surface area contributed by atoms with Crippen molar-refractivity contribution in [2.45, 2.75) is 44.2 Å². The summed E-state index contributed by atoms with van der Waals surface area (Å²) in [6, 6.07) is 3.53. The van der Waals surface area contributed by atoms with Crippen LogP contribution in [0.1, 0.15) is 57.4 Å². The maximum absolute atomic E-state index is 13.2. The molecule has 2 saturated carbocycles. The molecular formula is C22H18N6O4. The number of carbonyl (C=O) groups excluding carboxylic acids is 3. The monoisotopic (exact) mass is 430 g/mol. The molecule has 2 fully saturated rings. The predicted molar refractivity (Wildman–Crippen MR) is 110 cm³/mol. The molecule has 10 nitrogen and oxygen atoms in total. The van der Waals surface area contributed by atoms with Crippen molar-refractivity contribution in [1.29, 1.82) is 0 Å². The molecule has 160 valence electrons. The fourth-order valence-corrected chi connectivity index (χ4v) is 4.65. The Morgan fingerprint density at radius 3 is 2.91 bits per heavy atom. The molecule has 0 radical (unpaired) electrons. The number of Topliss-reactive ketones (excluding diaryl/α,β-unsaturated/α-hetero) is 1. The van der Waals surface area contributed by atoms with Crippen molar-refractivity contribution in [3.05, 3.63) is 40.8 Å². The van der Waals surface area contributed by atoms with E-state index in [2.05, 4.69) is 26.5 Å². The van der Waals surface area contributed by atoms with Gasteiger partial charge in [-0.1, -0.05) is 5.92 Å². The molecule has 3 aromatic rings. The first kappa shape index (κ1) is 18.7. The van der Waals surface area contributed by atoms with Crippen LogP contribution in [0.15, 0.2) is 18.3 Å². The van der Waals surface area contributed by atoms with Gasteiger partial charge in [-0.2, -0.15) is 0 Å². The Hall–Kier alpha value is -4.00. The van der Waals surface area contributed by atoms with Gasteiger partial charge in [-0.05, 0) is 66.3 Å². The molecule has 1 N–H and O–H groups in total. The van der Waals surface area contributed by atoms with Crippen LogP contribution in [0.25, 0.3) is 11.2 Å². The summed E-state index contributed by atoms with van der Waals surface area (Å²) in [4.78, 5) is 49.6. The fourth-order valence-electron chi connectivity index (χ4n) is 4.65. The second-order valence-electron chi connectivity index (χ2n) is 8.63. The van der Waals surface area contributed by atoms with E-state index in [1.807, 2.05) is 4.57 Å². The number of amides is 1. The largest absolute Gasteiger partial charge is 0.382 e. The van der Waals surface area contributed by atoms with Crippen molar-refractivity contribution >= 4 is 28.8 Å². The zero-order chi connectivity index (χ0) is 22.2. The molecule has 4 heterocycles. The first-order valence-electron chi connectivity index (χ1n) is 10.4. The van der Waals surface area contributed by atoms with Gasteiger partial charge in [0.1, 0.15) is 16.7 Å². The molecule has 0 spiro atoms. The van der Waals surface area contributed by atoms with Crippen LogP contribution in [0.3, 0.4) is 0 Å². The molecule has 0 aromatic carbocycles. The van der Waals surface area contributed by atoms with Gasteiger partial charge in [-0.25, -0.2) is 9.78 Å². The number of rotatable bonds is 5. The Morgan fingerprint density at radius 1 is 1.34 bits per heavy atom. The maximum atomic E-state index is 13.2. The summed E-state index contributed by atoms with van der Waals surface area (Å²) >= 11 is 0. The molecule has 2 atom stereocenters. The predicted octanol–water partition coefficient (Wildman–Crippen LogP) is 0.787. The number of aromatic nitrogens is 5. The zero-order valence-corrected chi connectivity index (χ0v) is 17.2. The highest BCUT2D eigenvalue weighted by atomic mass is 16.7. The minimum Gasteiger partial charge on any atom is -0.335 e. The first-order valence-corrected chi connectivity index (χ1v) is 10.4. The van der Waals surface area contributed by atoms with E-state index in [1.165, 1.54) is 0 Å². The van der Waals surface area contributed by atoms with Crippen molar-refractivity contribution in [1.82, 2.24) is 30.0 Å². The third kappa shape index (κ3) is 2.60. The lowest BCUT2D eigenvalue weighted by molar-refractivity contribution is -0.117. The van der Waals surface area contributed by atoms with Crippen LogP contribution < -0.4 is 10.2 Å². The third-order valence-corrected chi connectivity index (χ3v) is 6.58. The first-order chi connectivity index (χ1) is 15.4. The van der Waals surface area contributed by atoms with Crippen molar-refractivity contribution in [3.63, 3.8) is 0 Å².